The van der Waals surface area contributed by atoms with Crippen LogP contribution in [0.5, 0.6) is 11.8 Å². The molecule has 0 amide bonds. The summed E-state index contributed by atoms with van der Waals surface area (Å²) in [4.78, 5) is 9.32. The Morgan fingerprint density at radius 2 is 1.04 bits per heavy atom. The van der Waals surface area contributed by atoms with Crippen LogP contribution in [0, 0.1) is 0 Å². The van der Waals surface area contributed by atoms with Crippen LogP contribution in [0.3, 0.4) is 0 Å². The van der Waals surface area contributed by atoms with E-state index in [0.29, 0.717) is 11.8 Å². The van der Waals surface area contributed by atoms with E-state index in [1.807, 2.05) is 24.3 Å². The van der Waals surface area contributed by atoms with Gasteiger partial charge in [-0.25, -0.2) is 9.97 Å². The zero-order valence-electron chi connectivity index (χ0n) is 17.2. The Labute approximate surface area is 168 Å². The molecule has 0 spiro atoms. The molecule has 3 aromatic rings. The predicted octanol–water partition coefficient (Wildman–Crippen LogP) is 6.70. The van der Waals surface area contributed by atoms with E-state index in [1.54, 1.807) is 0 Å². The highest BCUT2D eigenvalue weighted by molar-refractivity contribution is 6.04. The van der Waals surface area contributed by atoms with Gasteiger partial charge in [-0.3, -0.25) is 0 Å². The first kappa shape index (κ1) is 20.4. The van der Waals surface area contributed by atoms with Crippen LogP contribution < -0.4 is 9.47 Å². The van der Waals surface area contributed by atoms with Crippen molar-refractivity contribution in [3.63, 3.8) is 0 Å². The number of ether oxygens (including phenoxy) is 2. The monoisotopic (exact) mass is 380 g/mol. The lowest BCUT2D eigenvalue weighted by atomic mass is 10.1. The minimum Gasteiger partial charge on any atom is -0.478 e. The molecule has 0 saturated heterocycles. The maximum atomic E-state index is 5.82. The minimum absolute atomic E-state index is 0.698. The Hall–Kier alpha value is -2.36. The highest BCUT2D eigenvalue weighted by Gasteiger charge is 2.06. The number of benzene rings is 1. The molecular formula is C24H32N2O2. The maximum Gasteiger partial charge on any atom is 0.213 e. The van der Waals surface area contributed by atoms with Crippen LogP contribution in [0.15, 0.2) is 36.4 Å². The fraction of sp³-hybridized carbons (Fsp3) is 0.500. The quantitative estimate of drug-likeness (QED) is 0.259. The maximum absolute atomic E-state index is 5.82. The number of aromatic nitrogens is 2. The second-order valence-corrected chi connectivity index (χ2v) is 7.32. The number of nitrogens with zero attached hydrogens (tertiary/aromatic N) is 2. The van der Waals surface area contributed by atoms with E-state index >= 15 is 0 Å². The van der Waals surface area contributed by atoms with Crippen molar-refractivity contribution in [2.45, 2.75) is 65.2 Å². The van der Waals surface area contributed by atoms with Gasteiger partial charge in [0.15, 0.2) is 0 Å². The van der Waals surface area contributed by atoms with Crippen molar-refractivity contribution in [3.8, 4) is 11.8 Å². The summed E-state index contributed by atoms with van der Waals surface area (Å²) in [6.07, 6.45) is 9.58. The Morgan fingerprint density at radius 3 is 1.46 bits per heavy atom. The van der Waals surface area contributed by atoms with E-state index in [-0.39, 0.29) is 0 Å². The molecule has 150 valence electrons. The zero-order chi connectivity index (χ0) is 19.6. The fourth-order valence-corrected chi connectivity index (χ4v) is 3.35. The normalized spacial score (nSPS) is 11.2. The standard InChI is InChI=1S/C24H32N2O2/c1-3-5-7-9-17-27-23-15-11-19-20-12-16-24(28-18-10-8-6-4-2)26-22(20)14-13-21(19)25-23/h11-16H,3-10,17-18H2,1-2H3. The van der Waals surface area contributed by atoms with Gasteiger partial charge in [-0.1, -0.05) is 52.4 Å². The summed E-state index contributed by atoms with van der Waals surface area (Å²) >= 11 is 0. The number of hydrogen-bond donors (Lipinski definition) is 0. The average Bonchev–Trinajstić information content (AvgIpc) is 2.73. The zero-order valence-corrected chi connectivity index (χ0v) is 17.2. The number of unbranched alkanes of at least 4 members (excludes halogenated alkanes) is 6. The smallest absolute Gasteiger partial charge is 0.213 e. The molecule has 0 unspecified atom stereocenters. The summed E-state index contributed by atoms with van der Waals surface area (Å²) in [5.41, 5.74) is 1.88. The van der Waals surface area contributed by atoms with Crippen molar-refractivity contribution in [2.24, 2.45) is 0 Å². The molecule has 0 aliphatic carbocycles. The molecular weight excluding hydrogens is 348 g/mol. The Bertz CT molecular complexity index is 806. The van der Waals surface area contributed by atoms with Crippen molar-refractivity contribution in [3.05, 3.63) is 36.4 Å². The van der Waals surface area contributed by atoms with Gasteiger partial charge in [-0.2, -0.15) is 0 Å². The second kappa shape index (κ2) is 10.8. The predicted molar refractivity (Wildman–Crippen MR) is 116 cm³/mol. The first-order valence-corrected chi connectivity index (χ1v) is 10.8. The molecule has 3 rings (SSSR count). The third-order valence-corrected chi connectivity index (χ3v) is 4.98. The van der Waals surface area contributed by atoms with Crippen molar-refractivity contribution in [1.82, 2.24) is 9.97 Å². The van der Waals surface area contributed by atoms with Gasteiger partial charge >= 0.3 is 0 Å². The van der Waals surface area contributed by atoms with Gasteiger partial charge in [0.25, 0.3) is 0 Å². The van der Waals surface area contributed by atoms with E-state index in [0.717, 1.165) is 47.9 Å². The van der Waals surface area contributed by atoms with E-state index in [2.05, 4.69) is 35.9 Å². The van der Waals surface area contributed by atoms with Crippen LogP contribution >= 0.6 is 0 Å². The average molecular weight is 381 g/mol. The topological polar surface area (TPSA) is 44.2 Å². The van der Waals surface area contributed by atoms with E-state index < -0.39 is 0 Å². The Balaban J connectivity index is 1.66. The number of pyridine rings is 2. The van der Waals surface area contributed by atoms with Crippen LogP contribution in [0.1, 0.15) is 65.2 Å². The van der Waals surface area contributed by atoms with Crippen LogP contribution in [0.2, 0.25) is 0 Å². The molecule has 4 nitrogen and oxygen atoms in total. The molecule has 0 N–H and O–H groups in total. The van der Waals surface area contributed by atoms with Crippen LogP contribution in [0.4, 0.5) is 0 Å². The molecule has 0 radical (unpaired) electrons. The lowest BCUT2D eigenvalue weighted by Crippen LogP contribution is -2.00. The Kier molecular flexibility index (Phi) is 7.89. The fourth-order valence-electron chi connectivity index (χ4n) is 3.35. The van der Waals surface area contributed by atoms with Gasteiger partial charge < -0.3 is 9.47 Å². The third-order valence-electron chi connectivity index (χ3n) is 4.98. The number of rotatable bonds is 12. The molecule has 0 saturated carbocycles. The van der Waals surface area contributed by atoms with Crippen LogP contribution in [-0.4, -0.2) is 23.2 Å². The summed E-state index contributed by atoms with van der Waals surface area (Å²) < 4.78 is 11.6. The summed E-state index contributed by atoms with van der Waals surface area (Å²) in [6.45, 7) is 5.89. The molecule has 2 aromatic heterocycles. The first-order valence-electron chi connectivity index (χ1n) is 10.8. The summed E-state index contributed by atoms with van der Waals surface area (Å²) in [5, 5.41) is 2.19. The molecule has 0 atom stereocenters. The molecule has 0 aliphatic rings. The summed E-state index contributed by atoms with van der Waals surface area (Å²) in [7, 11) is 0. The van der Waals surface area contributed by atoms with E-state index in [9.17, 15) is 0 Å². The third kappa shape index (κ3) is 5.57. The van der Waals surface area contributed by atoms with Crippen molar-refractivity contribution < 1.29 is 9.47 Å². The molecule has 28 heavy (non-hydrogen) atoms. The van der Waals surface area contributed by atoms with Crippen molar-refractivity contribution >= 4 is 21.8 Å². The SMILES string of the molecule is CCCCCCOc1ccc2c(ccc3nc(OCCCCCC)ccc32)n1. The summed E-state index contributed by atoms with van der Waals surface area (Å²) in [6, 6.07) is 12.1. The highest BCUT2D eigenvalue weighted by atomic mass is 16.5. The molecule has 0 bridgehead atoms. The van der Waals surface area contributed by atoms with Gasteiger partial charge in [0.2, 0.25) is 11.8 Å². The minimum atomic E-state index is 0.698. The molecule has 2 heterocycles. The lowest BCUT2D eigenvalue weighted by Gasteiger charge is -2.09. The van der Waals surface area contributed by atoms with E-state index in [4.69, 9.17) is 9.47 Å². The van der Waals surface area contributed by atoms with Gasteiger partial charge in [-0.05, 0) is 37.1 Å². The van der Waals surface area contributed by atoms with Gasteiger partial charge in [0.05, 0.1) is 24.2 Å². The van der Waals surface area contributed by atoms with Gasteiger partial charge in [0.1, 0.15) is 0 Å². The molecule has 0 aliphatic heterocycles. The highest BCUT2D eigenvalue weighted by Crippen LogP contribution is 2.27. The van der Waals surface area contributed by atoms with Gasteiger partial charge in [-0.15, -0.1) is 0 Å². The van der Waals surface area contributed by atoms with Gasteiger partial charge in [0, 0.05) is 22.9 Å². The number of hydrogen-bond acceptors (Lipinski definition) is 4. The lowest BCUT2D eigenvalue weighted by molar-refractivity contribution is 0.294. The van der Waals surface area contributed by atoms with Crippen LogP contribution in [-0.2, 0) is 0 Å². The molecule has 4 heteroatoms. The first-order chi connectivity index (χ1) is 13.8. The largest absolute Gasteiger partial charge is 0.478 e. The second-order valence-electron chi connectivity index (χ2n) is 7.32. The van der Waals surface area contributed by atoms with Crippen molar-refractivity contribution in [1.29, 1.82) is 0 Å². The summed E-state index contributed by atoms with van der Waals surface area (Å²) in [5.74, 6) is 1.40. The molecule has 0 fully saturated rings. The van der Waals surface area contributed by atoms with Crippen molar-refractivity contribution in [2.75, 3.05) is 13.2 Å². The number of fused-ring (bicyclic) bond motifs is 3. The van der Waals surface area contributed by atoms with E-state index in [1.165, 1.54) is 38.5 Å². The Morgan fingerprint density at radius 1 is 0.571 bits per heavy atom. The molecule has 1 aromatic carbocycles. The van der Waals surface area contributed by atoms with Crippen LogP contribution in [0.25, 0.3) is 21.8 Å².